The fourth-order valence-corrected chi connectivity index (χ4v) is 3.37. The third-order valence-electron chi connectivity index (χ3n) is 3.34. The third-order valence-corrected chi connectivity index (χ3v) is 4.31. The summed E-state index contributed by atoms with van der Waals surface area (Å²) >= 11 is 1.47. The molecule has 0 radical (unpaired) electrons. The predicted octanol–water partition coefficient (Wildman–Crippen LogP) is 1.03. The van der Waals surface area contributed by atoms with Crippen molar-refractivity contribution in [1.82, 2.24) is 4.90 Å². The van der Waals surface area contributed by atoms with Gasteiger partial charge in [0.25, 0.3) is 0 Å². The summed E-state index contributed by atoms with van der Waals surface area (Å²) in [4.78, 5) is 24.5. The molecule has 1 aliphatic heterocycles. The Hall–Kier alpha value is -0.750. The molecule has 6 heteroatoms. The smallest absolute Gasteiger partial charge is 0.320 e. The van der Waals surface area contributed by atoms with Crippen LogP contribution in [0, 0.1) is 11.8 Å². The number of aliphatic carboxylic acids is 1. The van der Waals surface area contributed by atoms with Gasteiger partial charge in [0.15, 0.2) is 0 Å². The van der Waals surface area contributed by atoms with E-state index in [1.54, 1.807) is 0 Å². The number of hydrogen-bond donors (Lipinski definition) is 2. The number of nitrogens with zero attached hydrogens (tertiary/aromatic N) is 1. The highest BCUT2D eigenvalue weighted by molar-refractivity contribution is 7.99. The van der Waals surface area contributed by atoms with Crippen molar-refractivity contribution in [2.45, 2.75) is 32.7 Å². The number of carboxylic acid groups (broad SMARTS) is 1. The number of carbonyl (C=O) groups is 2. The Morgan fingerprint density at radius 3 is 2.47 bits per heavy atom. The van der Waals surface area contributed by atoms with Crippen LogP contribution >= 0.6 is 11.8 Å². The van der Waals surface area contributed by atoms with Gasteiger partial charge >= 0.3 is 5.97 Å². The van der Waals surface area contributed by atoms with Gasteiger partial charge in [0.05, 0.1) is 5.75 Å². The van der Waals surface area contributed by atoms with E-state index >= 15 is 0 Å². The molecule has 0 aliphatic carbocycles. The van der Waals surface area contributed by atoms with Crippen molar-refractivity contribution in [1.29, 1.82) is 0 Å². The number of amides is 1. The molecular formula is C13H24N2O3S. The van der Waals surface area contributed by atoms with Gasteiger partial charge < -0.3 is 15.7 Å². The Morgan fingerprint density at radius 1 is 1.37 bits per heavy atom. The van der Waals surface area contributed by atoms with E-state index < -0.39 is 12.0 Å². The van der Waals surface area contributed by atoms with Gasteiger partial charge in [-0.15, -0.1) is 0 Å². The number of rotatable bonds is 6. The highest BCUT2D eigenvalue weighted by Gasteiger charge is 2.25. The van der Waals surface area contributed by atoms with Gasteiger partial charge in [0.2, 0.25) is 5.91 Å². The summed E-state index contributed by atoms with van der Waals surface area (Å²) in [5, 5.41) is 8.64. The van der Waals surface area contributed by atoms with Crippen LogP contribution in [-0.4, -0.2) is 52.5 Å². The number of nitrogens with two attached hydrogens (primary N) is 1. The summed E-state index contributed by atoms with van der Waals surface area (Å²) in [6.45, 7) is 6.04. The Balaban J connectivity index is 2.22. The lowest BCUT2D eigenvalue weighted by Gasteiger charge is -2.35. The summed E-state index contributed by atoms with van der Waals surface area (Å²) in [5.41, 5.74) is 5.40. The molecule has 1 heterocycles. The van der Waals surface area contributed by atoms with Crippen molar-refractivity contribution in [3.8, 4) is 0 Å². The fourth-order valence-electron chi connectivity index (χ4n) is 2.45. The molecule has 3 N–H and O–H groups in total. The van der Waals surface area contributed by atoms with E-state index in [4.69, 9.17) is 10.8 Å². The van der Waals surface area contributed by atoms with Crippen LogP contribution in [0.4, 0.5) is 0 Å². The Kier molecular flexibility index (Phi) is 6.65. The summed E-state index contributed by atoms with van der Waals surface area (Å²) < 4.78 is 0. The van der Waals surface area contributed by atoms with Crippen LogP contribution in [-0.2, 0) is 9.59 Å². The molecule has 5 nitrogen and oxygen atoms in total. The first-order valence-electron chi connectivity index (χ1n) is 6.74. The minimum absolute atomic E-state index is 0.160. The molecule has 3 unspecified atom stereocenters. The Labute approximate surface area is 118 Å². The zero-order valence-electron chi connectivity index (χ0n) is 11.7. The highest BCUT2D eigenvalue weighted by atomic mass is 32.2. The van der Waals surface area contributed by atoms with Crippen LogP contribution in [0.15, 0.2) is 0 Å². The second-order valence-corrected chi connectivity index (χ2v) is 6.64. The molecule has 0 aromatic rings. The Bertz CT molecular complexity index is 315. The lowest BCUT2D eigenvalue weighted by Crippen LogP contribution is -2.43. The number of thioether (sulfide) groups is 1. The zero-order chi connectivity index (χ0) is 14.4. The van der Waals surface area contributed by atoms with Crippen LogP contribution in [0.5, 0.6) is 0 Å². The van der Waals surface area contributed by atoms with E-state index in [9.17, 15) is 9.59 Å². The van der Waals surface area contributed by atoms with Gasteiger partial charge in [-0.25, -0.2) is 0 Å². The average Bonchev–Trinajstić information content (AvgIpc) is 2.32. The van der Waals surface area contributed by atoms with Gasteiger partial charge in [-0.1, -0.05) is 13.8 Å². The maximum absolute atomic E-state index is 12.0. The lowest BCUT2D eigenvalue weighted by atomic mass is 9.92. The molecule has 0 saturated carbocycles. The second-order valence-electron chi connectivity index (χ2n) is 5.53. The number of carboxylic acids is 1. The number of carbonyl (C=O) groups excluding carboxylic acids is 1. The van der Waals surface area contributed by atoms with E-state index in [2.05, 4.69) is 13.8 Å². The van der Waals surface area contributed by atoms with Crippen molar-refractivity contribution in [3.05, 3.63) is 0 Å². The van der Waals surface area contributed by atoms with Gasteiger partial charge in [-0.2, -0.15) is 11.8 Å². The molecule has 1 aliphatic rings. The molecule has 1 rings (SSSR count). The number of hydrogen-bond acceptors (Lipinski definition) is 4. The molecule has 1 fully saturated rings. The molecular weight excluding hydrogens is 264 g/mol. The first kappa shape index (κ1) is 16.3. The molecule has 1 saturated heterocycles. The second kappa shape index (κ2) is 7.75. The van der Waals surface area contributed by atoms with Crippen LogP contribution in [0.1, 0.15) is 26.7 Å². The summed E-state index contributed by atoms with van der Waals surface area (Å²) in [7, 11) is 0. The van der Waals surface area contributed by atoms with Crippen LogP contribution < -0.4 is 5.73 Å². The quantitative estimate of drug-likeness (QED) is 0.713. The van der Waals surface area contributed by atoms with Gasteiger partial charge in [-0.05, 0) is 30.4 Å². The minimum Gasteiger partial charge on any atom is -0.480 e. The molecule has 0 aromatic carbocycles. The van der Waals surface area contributed by atoms with Gasteiger partial charge in [-0.3, -0.25) is 9.59 Å². The minimum atomic E-state index is -0.981. The largest absolute Gasteiger partial charge is 0.480 e. The first-order chi connectivity index (χ1) is 8.90. The van der Waals surface area contributed by atoms with E-state index in [0.717, 1.165) is 13.1 Å². The van der Waals surface area contributed by atoms with Gasteiger partial charge in [0.1, 0.15) is 6.04 Å². The van der Waals surface area contributed by atoms with Crippen molar-refractivity contribution >= 4 is 23.6 Å². The maximum Gasteiger partial charge on any atom is 0.320 e. The Morgan fingerprint density at radius 2 is 1.95 bits per heavy atom. The standard InChI is InChI=1S/C13H24N2O3S/c1-9-5-10(2)7-15(6-9)12(16)8-19-4-3-11(14)13(17)18/h9-11H,3-8,14H2,1-2H3,(H,17,18). The molecule has 0 aromatic heterocycles. The number of piperidine rings is 1. The molecule has 19 heavy (non-hydrogen) atoms. The van der Waals surface area contributed by atoms with Crippen LogP contribution in [0.3, 0.4) is 0 Å². The fraction of sp³-hybridized carbons (Fsp3) is 0.846. The average molecular weight is 288 g/mol. The lowest BCUT2D eigenvalue weighted by molar-refractivity contribution is -0.138. The van der Waals surface area contributed by atoms with Crippen molar-refractivity contribution in [2.75, 3.05) is 24.6 Å². The number of likely N-dealkylation sites (tertiary alicyclic amines) is 1. The molecule has 3 atom stereocenters. The van der Waals surface area contributed by atoms with Crippen molar-refractivity contribution in [2.24, 2.45) is 17.6 Å². The molecule has 0 bridgehead atoms. The summed E-state index contributed by atoms with van der Waals surface area (Å²) in [5.74, 6) is 1.35. The third kappa shape index (κ3) is 5.82. The van der Waals surface area contributed by atoms with Crippen LogP contribution in [0.25, 0.3) is 0 Å². The van der Waals surface area contributed by atoms with E-state index in [0.29, 0.717) is 29.8 Å². The summed E-state index contributed by atoms with van der Waals surface area (Å²) in [6.07, 6.45) is 1.59. The SMILES string of the molecule is CC1CC(C)CN(C(=O)CSCCC(N)C(=O)O)C1. The topological polar surface area (TPSA) is 83.6 Å². The van der Waals surface area contributed by atoms with Crippen molar-refractivity contribution in [3.63, 3.8) is 0 Å². The maximum atomic E-state index is 12.0. The predicted molar refractivity (Wildman–Crippen MR) is 77.1 cm³/mol. The molecule has 0 spiro atoms. The molecule has 1 amide bonds. The van der Waals surface area contributed by atoms with Gasteiger partial charge in [0, 0.05) is 13.1 Å². The van der Waals surface area contributed by atoms with E-state index in [1.165, 1.54) is 18.2 Å². The zero-order valence-corrected chi connectivity index (χ0v) is 12.5. The normalized spacial score (nSPS) is 25.1. The molecule has 110 valence electrons. The first-order valence-corrected chi connectivity index (χ1v) is 7.89. The highest BCUT2D eigenvalue weighted by Crippen LogP contribution is 2.21. The van der Waals surface area contributed by atoms with Crippen molar-refractivity contribution < 1.29 is 14.7 Å². The van der Waals surface area contributed by atoms with Crippen LogP contribution in [0.2, 0.25) is 0 Å². The monoisotopic (exact) mass is 288 g/mol. The van der Waals surface area contributed by atoms with E-state index in [-0.39, 0.29) is 5.91 Å². The van der Waals surface area contributed by atoms with E-state index in [1.807, 2.05) is 4.90 Å². The summed E-state index contributed by atoms with van der Waals surface area (Å²) in [6, 6.07) is -0.822.